The number of benzene rings is 3. The highest BCUT2D eigenvalue weighted by Gasteiger charge is 2.19. The number of hydrogen-bond donors (Lipinski definition) is 1. The Morgan fingerprint density at radius 1 is 1.00 bits per heavy atom. The van der Waals surface area contributed by atoms with Gasteiger partial charge in [-0.15, -0.1) is 11.3 Å². The first-order valence-corrected chi connectivity index (χ1v) is 13.2. The summed E-state index contributed by atoms with van der Waals surface area (Å²) in [5.41, 5.74) is 6.60. The van der Waals surface area contributed by atoms with Gasteiger partial charge in [0.15, 0.2) is 11.5 Å². The Morgan fingerprint density at radius 2 is 1.74 bits per heavy atom. The van der Waals surface area contributed by atoms with Crippen LogP contribution in [-0.2, 0) is 10.1 Å². The van der Waals surface area contributed by atoms with Gasteiger partial charge in [0.1, 0.15) is 4.90 Å². The van der Waals surface area contributed by atoms with Crippen LogP contribution in [0.4, 0.5) is 5.13 Å². The Labute approximate surface area is 209 Å². The van der Waals surface area contributed by atoms with E-state index in [1.54, 1.807) is 36.5 Å². The van der Waals surface area contributed by atoms with Crippen molar-refractivity contribution in [2.24, 2.45) is 5.10 Å². The van der Waals surface area contributed by atoms with Gasteiger partial charge in [-0.25, -0.2) is 4.98 Å². The van der Waals surface area contributed by atoms with Crippen LogP contribution in [0.25, 0.3) is 11.3 Å². The minimum absolute atomic E-state index is 0.0778. The van der Waals surface area contributed by atoms with Crippen molar-refractivity contribution in [2.75, 3.05) is 12.0 Å². The lowest BCUT2D eigenvalue weighted by atomic mass is 10.1. The van der Waals surface area contributed by atoms with Crippen LogP contribution in [0, 0.1) is 13.8 Å². The summed E-state index contributed by atoms with van der Waals surface area (Å²) in [6.45, 7) is 6.07. The molecule has 7 nitrogen and oxygen atoms in total. The summed E-state index contributed by atoms with van der Waals surface area (Å²) in [5, 5.41) is 4.95. The van der Waals surface area contributed by atoms with Crippen LogP contribution in [0.1, 0.15) is 22.9 Å². The van der Waals surface area contributed by atoms with E-state index in [-0.39, 0.29) is 10.6 Å². The Balaban J connectivity index is 1.49. The van der Waals surface area contributed by atoms with Crippen molar-refractivity contribution in [2.45, 2.75) is 25.7 Å². The molecule has 1 heterocycles. The topological polar surface area (TPSA) is 89.9 Å². The molecular formula is C26H25N3O4S2. The van der Waals surface area contributed by atoms with Gasteiger partial charge in [-0.1, -0.05) is 48.0 Å². The number of aryl methyl sites for hydroxylation is 2. The number of aromatic nitrogens is 1. The summed E-state index contributed by atoms with van der Waals surface area (Å²) in [4.78, 5) is 5.79. The van der Waals surface area contributed by atoms with Gasteiger partial charge in [-0.05, 0) is 56.7 Å². The van der Waals surface area contributed by atoms with Crippen molar-refractivity contribution < 1.29 is 17.3 Å². The highest BCUT2D eigenvalue weighted by molar-refractivity contribution is 7.87. The summed E-state index contributed by atoms with van der Waals surface area (Å²) in [5.74, 6) is 0.421. The molecule has 3 aromatic carbocycles. The van der Waals surface area contributed by atoms with E-state index >= 15 is 0 Å². The molecule has 4 aromatic rings. The predicted molar refractivity (Wildman–Crippen MR) is 140 cm³/mol. The zero-order valence-corrected chi connectivity index (χ0v) is 21.2. The van der Waals surface area contributed by atoms with Crippen LogP contribution in [0.3, 0.4) is 0 Å². The number of rotatable bonds is 9. The second kappa shape index (κ2) is 10.7. The maximum atomic E-state index is 12.7. The van der Waals surface area contributed by atoms with Crippen LogP contribution >= 0.6 is 11.3 Å². The van der Waals surface area contributed by atoms with Gasteiger partial charge in [0.05, 0.1) is 18.5 Å². The fourth-order valence-corrected chi connectivity index (χ4v) is 5.01. The first-order valence-electron chi connectivity index (χ1n) is 11.0. The zero-order chi connectivity index (χ0) is 24.8. The van der Waals surface area contributed by atoms with E-state index in [0.717, 1.165) is 21.7 Å². The van der Waals surface area contributed by atoms with Crippen LogP contribution < -0.4 is 14.3 Å². The highest BCUT2D eigenvalue weighted by Crippen LogP contribution is 2.32. The zero-order valence-electron chi connectivity index (χ0n) is 19.6. The lowest BCUT2D eigenvalue weighted by Gasteiger charge is -2.12. The molecule has 0 atom stereocenters. The lowest BCUT2D eigenvalue weighted by Crippen LogP contribution is -2.11. The molecule has 9 heteroatoms. The largest absolute Gasteiger partial charge is 0.490 e. The van der Waals surface area contributed by atoms with E-state index in [9.17, 15) is 8.42 Å². The van der Waals surface area contributed by atoms with Gasteiger partial charge in [0.2, 0.25) is 5.13 Å². The first kappa shape index (κ1) is 24.4. The van der Waals surface area contributed by atoms with Gasteiger partial charge in [0.25, 0.3) is 0 Å². The molecule has 1 aromatic heterocycles. The first-order chi connectivity index (χ1) is 16.9. The van der Waals surface area contributed by atoms with E-state index in [0.29, 0.717) is 23.1 Å². The number of nitrogens with zero attached hydrogens (tertiary/aromatic N) is 2. The number of hydrogen-bond acceptors (Lipinski definition) is 8. The molecule has 1 N–H and O–H groups in total. The Hall–Kier alpha value is -3.69. The van der Waals surface area contributed by atoms with Gasteiger partial charge in [-0.3, -0.25) is 5.43 Å². The smallest absolute Gasteiger partial charge is 0.339 e. The molecule has 35 heavy (non-hydrogen) atoms. The van der Waals surface area contributed by atoms with Crippen molar-refractivity contribution >= 4 is 32.8 Å². The van der Waals surface area contributed by atoms with Crippen LogP contribution in [0.15, 0.2) is 82.8 Å². The van der Waals surface area contributed by atoms with Crippen LogP contribution in [0.5, 0.6) is 11.5 Å². The molecule has 0 aliphatic carbocycles. The van der Waals surface area contributed by atoms with Crippen molar-refractivity contribution in [1.82, 2.24) is 4.98 Å². The number of thiazole rings is 1. The number of anilines is 1. The summed E-state index contributed by atoms with van der Waals surface area (Å²) in [6.07, 6.45) is 1.61. The molecule has 0 bridgehead atoms. The molecule has 0 fully saturated rings. The van der Waals surface area contributed by atoms with Crippen LogP contribution in [0.2, 0.25) is 0 Å². The fourth-order valence-electron chi connectivity index (χ4n) is 3.28. The minimum atomic E-state index is -3.99. The van der Waals surface area contributed by atoms with Crippen molar-refractivity contribution in [3.63, 3.8) is 0 Å². The van der Waals surface area contributed by atoms with Crippen LogP contribution in [-0.4, -0.2) is 26.2 Å². The second-order valence-corrected chi connectivity index (χ2v) is 10.4. The molecule has 0 saturated carbocycles. The maximum absolute atomic E-state index is 12.7. The molecule has 0 aliphatic rings. The maximum Gasteiger partial charge on any atom is 0.339 e. The molecular weight excluding hydrogens is 482 g/mol. The minimum Gasteiger partial charge on any atom is -0.490 e. The Kier molecular flexibility index (Phi) is 7.48. The second-order valence-electron chi connectivity index (χ2n) is 7.65. The van der Waals surface area contributed by atoms with Crippen molar-refractivity contribution in [1.29, 1.82) is 0 Å². The molecule has 0 amide bonds. The lowest BCUT2D eigenvalue weighted by molar-refractivity contribution is 0.327. The predicted octanol–water partition coefficient (Wildman–Crippen LogP) is 6.04. The highest BCUT2D eigenvalue weighted by atomic mass is 32.2. The number of ether oxygens (including phenoxy) is 1. The van der Waals surface area contributed by atoms with Gasteiger partial charge in [-0.2, -0.15) is 13.5 Å². The number of hydrazone groups is 1. The van der Waals surface area contributed by atoms with E-state index in [1.165, 1.54) is 23.5 Å². The standard InChI is InChI=1S/C26H25N3O4S2/c1-4-32-24-16-20(12-15-23(24)33-35(30,31)22-13-10-18(2)11-14-22)17-27-29-26-28-25(19(3)34-26)21-8-6-5-7-9-21/h5-17H,4H2,1-3H3,(H,28,29)/b27-17+. The molecule has 0 radical (unpaired) electrons. The Bertz CT molecular complexity index is 1430. The van der Waals surface area contributed by atoms with Crippen molar-refractivity contribution in [3.05, 3.63) is 88.8 Å². The van der Waals surface area contributed by atoms with E-state index in [1.807, 2.05) is 51.1 Å². The summed E-state index contributed by atoms with van der Waals surface area (Å²) < 4.78 is 36.4. The fraction of sp³-hybridized carbons (Fsp3) is 0.154. The number of nitrogens with one attached hydrogen (secondary N) is 1. The van der Waals surface area contributed by atoms with E-state index < -0.39 is 10.1 Å². The SMILES string of the molecule is CCOc1cc(/C=N/Nc2nc(-c3ccccc3)c(C)s2)ccc1OS(=O)(=O)c1ccc(C)cc1. The van der Waals surface area contributed by atoms with Crippen molar-refractivity contribution in [3.8, 4) is 22.8 Å². The van der Waals surface area contributed by atoms with Gasteiger partial charge < -0.3 is 8.92 Å². The molecule has 180 valence electrons. The third-order valence-corrected chi connectivity index (χ3v) is 7.12. The average Bonchev–Trinajstić information content (AvgIpc) is 3.22. The normalized spacial score (nSPS) is 11.5. The molecule has 0 saturated heterocycles. The van der Waals surface area contributed by atoms with E-state index in [4.69, 9.17) is 8.92 Å². The van der Waals surface area contributed by atoms with Gasteiger partial charge >= 0.3 is 10.1 Å². The summed E-state index contributed by atoms with van der Waals surface area (Å²) >= 11 is 1.52. The summed E-state index contributed by atoms with van der Waals surface area (Å²) in [6, 6.07) is 21.4. The average molecular weight is 508 g/mol. The molecule has 0 spiro atoms. The van der Waals surface area contributed by atoms with Gasteiger partial charge in [0, 0.05) is 10.4 Å². The third kappa shape index (κ3) is 6.06. The third-order valence-electron chi connectivity index (χ3n) is 4.99. The molecule has 4 rings (SSSR count). The monoisotopic (exact) mass is 507 g/mol. The quantitative estimate of drug-likeness (QED) is 0.169. The van der Waals surface area contributed by atoms with E-state index in [2.05, 4.69) is 15.5 Å². The molecule has 0 unspecified atom stereocenters. The molecule has 0 aliphatic heterocycles. The Morgan fingerprint density at radius 3 is 2.46 bits per heavy atom. The summed E-state index contributed by atoms with van der Waals surface area (Å²) in [7, 11) is -3.99.